The molecule has 0 saturated carbocycles. The number of rotatable bonds is 1. The van der Waals surface area contributed by atoms with E-state index in [-0.39, 0.29) is 17.0 Å². The van der Waals surface area contributed by atoms with Gasteiger partial charge in [0.1, 0.15) is 0 Å². The van der Waals surface area contributed by atoms with Gasteiger partial charge in [-0.15, -0.1) is 0 Å². The Kier molecular flexibility index (Phi) is 3.30. The maximum Gasteiger partial charge on any atom is 0.155 e. The van der Waals surface area contributed by atoms with Gasteiger partial charge < -0.3 is 0 Å². The van der Waals surface area contributed by atoms with Crippen LogP contribution in [0.2, 0.25) is 0 Å². The Hall–Kier alpha value is -0.370. The highest BCUT2D eigenvalue weighted by atomic mass is 16.1. The van der Waals surface area contributed by atoms with E-state index in [1.54, 1.807) is 0 Å². The van der Waals surface area contributed by atoms with Crippen LogP contribution in [0.25, 0.3) is 0 Å². The van der Waals surface area contributed by atoms with Gasteiger partial charge in [0.25, 0.3) is 0 Å². The lowest BCUT2D eigenvalue weighted by Crippen LogP contribution is -2.50. The lowest BCUT2D eigenvalue weighted by molar-refractivity contribution is -0.132. The zero-order valence-electron chi connectivity index (χ0n) is 11.1. The summed E-state index contributed by atoms with van der Waals surface area (Å²) in [4.78, 5) is 14.6. The molecule has 0 aromatic heterocycles. The van der Waals surface area contributed by atoms with Crippen LogP contribution in [0.4, 0.5) is 0 Å². The van der Waals surface area contributed by atoms with E-state index in [9.17, 15) is 4.79 Å². The van der Waals surface area contributed by atoms with Crippen molar-refractivity contribution in [2.75, 3.05) is 6.54 Å². The van der Waals surface area contributed by atoms with Gasteiger partial charge in [-0.05, 0) is 40.2 Å². The predicted octanol–water partition coefficient (Wildman–Crippen LogP) is 2.86. The molecular formula is C13H25NO. The van der Waals surface area contributed by atoms with Crippen LogP contribution < -0.4 is 0 Å². The molecule has 0 aromatic rings. The number of likely N-dealkylation sites (tertiary alicyclic amines) is 1. The average molecular weight is 211 g/mol. The lowest BCUT2D eigenvalue weighted by atomic mass is 9.84. The minimum absolute atomic E-state index is 0.113. The maximum atomic E-state index is 12.3. The molecule has 1 atom stereocenters. The largest absolute Gasteiger partial charge is 0.297 e. The molecule has 0 aliphatic carbocycles. The zero-order valence-corrected chi connectivity index (χ0v) is 11.1. The molecule has 0 unspecified atom stereocenters. The number of carbonyl (C=O) groups excluding carboxylic acids is 1. The van der Waals surface area contributed by atoms with Crippen LogP contribution >= 0.6 is 0 Å². The van der Waals surface area contributed by atoms with E-state index in [1.807, 2.05) is 20.8 Å². The Bertz CT molecular complexity index is 244. The quantitative estimate of drug-likeness (QED) is 0.664. The SMILES string of the molecule is CC(C)(C)C(=O)[C@@H]1CCCN1C(C)(C)C. The molecule has 1 heterocycles. The molecule has 2 nitrogen and oxygen atoms in total. The normalized spacial score (nSPS) is 24.5. The van der Waals surface area contributed by atoms with E-state index < -0.39 is 0 Å². The van der Waals surface area contributed by atoms with Crippen molar-refractivity contribution in [2.24, 2.45) is 5.41 Å². The standard InChI is InChI=1S/C13H25NO/c1-12(2,3)11(15)10-8-7-9-14(10)13(4,5)6/h10H,7-9H2,1-6H3/t10-/m0/s1. The van der Waals surface area contributed by atoms with Gasteiger partial charge >= 0.3 is 0 Å². The van der Waals surface area contributed by atoms with E-state index in [0.29, 0.717) is 5.78 Å². The highest BCUT2D eigenvalue weighted by molar-refractivity contribution is 5.89. The Morgan fingerprint density at radius 2 is 1.67 bits per heavy atom. The monoisotopic (exact) mass is 211 g/mol. The summed E-state index contributed by atoms with van der Waals surface area (Å²) in [6.07, 6.45) is 2.19. The van der Waals surface area contributed by atoms with Gasteiger partial charge in [-0.25, -0.2) is 0 Å². The summed E-state index contributed by atoms with van der Waals surface area (Å²) in [5.41, 5.74) is -0.0966. The van der Waals surface area contributed by atoms with Gasteiger partial charge in [-0.2, -0.15) is 0 Å². The Morgan fingerprint density at radius 1 is 1.13 bits per heavy atom. The zero-order chi connectivity index (χ0) is 11.9. The third-order valence-electron chi connectivity index (χ3n) is 3.16. The molecule has 1 rings (SSSR count). The van der Waals surface area contributed by atoms with Gasteiger partial charge in [0.15, 0.2) is 5.78 Å². The van der Waals surface area contributed by atoms with E-state index >= 15 is 0 Å². The molecular weight excluding hydrogens is 186 g/mol. The molecule has 15 heavy (non-hydrogen) atoms. The first kappa shape index (κ1) is 12.7. The van der Waals surface area contributed by atoms with Crippen LogP contribution in [0.1, 0.15) is 54.4 Å². The summed E-state index contributed by atoms with van der Waals surface area (Å²) in [6, 6.07) is 0.144. The van der Waals surface area contributed by atoms with E-state index in [4.69, 9.17) is 0 Å². The fourth-order valence-corrected chi connectivity index (χ4v) is 2.34. The molecule has 1 aliphatic heterocycles. The number of hydrogen-bond donors (Lipinski definition) is 0. The topological polar surface area (TPSA) is 20.3 Å². The second-order valence-corrected chi connectivity index (χ2v) is 6.64. The molecule has 88 valence electrons. The van der Waals surface area contributed by atoms with Crippen molar-refractivity contribution < 1.29 is 4.79 Å². The second kappa shape index (κ2) is 3.89. The fraction of sp³-hybridized carbons (Fsp3) is 0.923. The van der Waals surface area contributed by atoms with E-state index in [1.165, 1.54) is 0 Å². The molecule has 0 amide bonds. The molecule has 0 radical (unpaired) electrons. The predicted molar refractivity (Wildman–Crippen MR) is 63.9 cm³/mol. The van der Waals surface area contributed by atoms with Crippen molar-refractivity contribution in [3.8, 4) is 0 Å². The number of ketones is 1. The van der Waals surface area contributed by atoms with Crippen LogP contribution in [0.15, 0.2) is 0 Å². The minimum Gasteiger partial charge on any atom is -0.297 e. The van der Waals surface area contributed by atoms with Crippen molar-refractivity contribution in [2.45, 2.75) is 66.0 Å². The van der Waals surface area contributed by atoms with Crippen molar-refractivity contribution >= 4 is 5.78 Å². The molecule has 1 aliphatic rings. The number of nitrogens with zero attached hydrogens (tertiary/aromatic N) is 1. The summed E-state index contributed by atoms with van der Waals surface area (Å²) in [5, 5.41) is 0. The van der Waals surface area contributed by atoms with Crippen LogP contribution in [0.3, 0.4) is 0 Å². The summed E-state index contributed by atoms with van der Waals surface area (Å²) >= 11 is 0. The summed E-state index contributed by atoms with van der Waals surface area (Å²) < 4.78 is 0. The Labute approximate surface area is 94.0 Å². The first-order valence-corrected chi connectivity index (χ1v) is 5.95. The van der Waals surface area contributed by atoms with Crippen molar-refractivity contribution in [3.63, 3.8) is 0 Å². The van der Waals surface area contributed by atoms with Crippen LogP contribution in [0, 0.1) is 5.41 Å². The molecule has 2 heteroatoms. The third kappa shape index (κ3) is 2.81. The summed E-state index contributed by atoms with van der Waals surface area (Å²) in [7, 11) is 0. The van der Waals surface area contributed by atoms with E-state index in [0.717, 1.165) is 19.4 Å². The van der Waals surface area contributed by atoms with Crippen molar-refractivity contribution in [1.29, 1.82) is 0 Å². The van der Waals surface area contributed by atoms with Crippen LogP contribution in [0.5, 0.6) is 0 Å². The first-order valence-electron chi connectivity index (χ1n) is 5.95. The minimum atomic E-state index is -0.210. The molecule has 1 fully saturated rings. The molecule has 0 N–H and O–H groups in total. The number of carbonyl (C=O) groups is 1. The second-order valence-electron chi connectivity index (χ2n) is 6.64. The van der Waals surface area contributed by atoms with Gasteiger partial charge in [0.2, 0.25) is 0 Å². The lowest BCUT2D eigenvalue weighted by Gasteiger charge is -2.38. The number of hydrogen-bond acceptors (Lipinski definition) is 2. The Morgan fingerprint density at radius 3 is 2.07 bits per heavy atom. The van der Waals surface area contributed by atoms with Crippen LogP contribution in [-0.2, 0) is 4.79 Å². The highest BCUT2D eigenvalue weighted by Crippen LogP contribution is 2.31. The van der Waals surface area contributed by atoms with Gasteiger partial charge in [0.05, 0.1) is 6.04 Å². The van der Waals surface area contributed by atoms with Gasteiger partial charge in [-0.1, -0.05) is 20.8 Å². The van der Waals surface area contributed by atoms with E-state index in [2.05, 4.69) is 25.7 Å². The smallest absolute Gasteiger partial charge is 0.155 e. The fourth-order valence-electron chi connectivity index (χ4n) is 2.34. The van der Waals surface area contributed by atoms with Gasteiger partial charge in [0, 0.05) is 11.0 Å². The van der Waals surface area contributed by atoms with Crippen LogP contribution in [-0.4, -0.2) is 28.8 Å². The summed E-state index contributed by atoms with van der Waals surface area (Å²) in [5.74, 6) is 0.398. The maximum absolute atomic E-state index is 12.3. The van der Waals surface area contributed by atoms with Crippen molar-refractivity contribution in [1.82, 2.24) is 4.90 Å². The molecule has 1 saturated heterocycles. The number of Topliss-reactive ketones (excluding diaryl/α,β-unsaturated/α-hetero) is 1. The third-order valence-corrected chi connectivity index (χ3v) is 3.16. The Balaban J connectivity index is 2.82. The van der Waals surface area contributed by atoms with Crippen molar-refractivity contribution in [3.05, 3.63) is 0 Å². The first-order chi connectivity index (χ1) is 6.64. The average Bonchev–Trinajstić information content (AvgIpc) is 2.47. The highest BCUT2D eigenvalue weighted by Gasteiger charge is 2.40. The molecule has 0 spiro atoms. The van der Waals surface area contributed by atoms with Gasteiger partial charge in [-0.3, -0.25) is 9.69 Å². The molecule has 0 bridgehead atoms. The molecule has 0 aromatic carbocycles. The summed E-state index contributed by atoms with van der Waals surface area (Å²) in [6.45, 7) is 13.7.